The number of nitrogens with zero attached hydrogens (tertiary/aromatic N) is 1. The molecule has 3 N–H and O–H groups in total. The third-order valence-corrected chi connectivity index (χ3v) is 2.82. The van der Waals surface area contributed by atoms with Crippen LogP contribution in [0.3, 0.4) is 0 Å². The summed E-state index contributed by atoms with van der Waals surface area (Å²) in [4.78, 5) is 13.8. The van der Waals surface area contributed by atoms with Crippen LogP contribution in [0.4, 0.5) is 11.4 Å². The smallest absolute Gasteiger partial charge is 0.238 e. The highest BCUT2D eigenvalue weighted by Gasteiger charge is 2.07. The van der Waals surface area contributed by atoms with Crippen molar-refractivity contribution in [2.45, 2.75) is 20.8 Å². The number of hydrogen-bond acceptors (Lipinski definition) is 3. The molecule has 0 aliphatic carbocycles. The first-order chi connectivity index (χ1) is 8.06. The summed E-state index contributed by atoms with van der Waals surface area (Å²) in [7, 11) is 0. The van der Waals surface area contributed by atoms with E-state index in [9.17, 15) is 4.79 Å². The highest BCUT2D eigenvalue weighted by molar-refractivity contribution is 5.92. The van der Waals surface area contributed by atoms with E-state index in [1.165, 1.54) is 0 Å². The number of carbonyl (C=O) groups excluding carboxylic acids is 1. The van der Waals surface area contributed by atoms with Crippen molar-refractivity contribution in [3.63, 3.8) is 0 Å². The molecule has 4 nitrogen and oxygen atoms in total. The molecule has 0 heterocycles. The Morgan fingerprint density at radius 1 is 1.35 bits per heavy atom. The van der Waals surface area contributed by atoms with Gasteiger partial charge in [0.1, 0.15) is 0 Å². The van der Waals surface area contributed by atoms with E-state index in [4.69, 9.17) is 5.73 Å². The quantitative estimate of drug-likeness (QED) is 0.766. The molecule has 0 aliphatic rings. The molecule has 0 spiro atoms. The Balaban J connectivity index is 2.58. The molecule has 0 bridgehead atoms. The second-order valence-electron chi connectivity index (χ2n) is 4.08. The third kappa shape index (κ3) is 4.07. The summed E-state index contributed by atoms with van der Waals surface area (Å²) in [5, 5.41) is 2.87. The van der Waals surface area contributed by atoms with Gasteiger partial charge < -0.3 is 11.1 Å². The molecule has 17 heavy (non-hydrogen) atoms. The zero-order valence-corrected chi connectivity index (χ0v) is 10.8. The second-order valence-corrected chi connectivity index (χ2v) is 4.08. The van der Waals surface area contributed by atoms with Gasteiger partial charge in [0.2, 0.25) is 5.91 Å². The van der Waals surface area contributed by atoms with Gasteiger partial charge in [-0.15, -0.1) is 0 Å². The first-order valence-electron chi connectivity index (χ1n) is 5.95. The Morgan fingerprint density at radius 2 is 2.00 bits per heavy atom. The van der Waals surface area contributed by atoms with Gasteiger partial charge in [-0.1, -0.05) is 13.8 Å². The highest BCUT2D eigenvalue weighted by Crippen LogP contribution is 2.16. The number of rotatable bonds is 5. The lowest BCUT2D eigenvalue weighted by atomic mass is 10.2. The van der Waals surface area contributed by atoms with Crippen molar-refractivity contribution < 1.29 is 4.79 Å². The standard InChI is InChI=1S/C13H21N3O/c1-4-16(5-2)9-13(17)15-11-6-7-12(14)10(3)8-11/h6-8H,4-5,9,14H2,1-3H3,(H,15,17). The third-order valence-electron chi connectivity index (χ3n) is 2.82. The average Bonchev–Trinajstić information content (AvgIpc) is 2.31. The number of aryl methyl sites for hydroxylation is 1. The molecule has 0 radical (unpaired) electrons. The van der Waals surface area contributed by atoms with Gasteiger partial charge >= 0.3 is 0 Å². The van der Waals surface area contributed by atoms with E-state index in [1.807, 2.05) is 39.0 Å². The fraction of sp³-hybridized carbons (Fsp3) is 0.462. The van der Waals surface area contributed by atoms with Crippen molar-refractivity contribution in [2.24, 2.45) is 0 Å². The Hall–Kier alpha value is -1.55. The fourth-order valence-corrected chi connectivity index (χ4v) is 1.60. The van der Waals surface area contributed by atoms with E-state index in [0.29, 0.717) is 6.54 Å². The number of likely N-dealkylation sites (N-methyl/N-ethyl adjacent to an activating group) is 1. The van der Waals surface area contributed by atoms with Crippen molar-refractivity contribution in [1.29, 1.82) is 0 Å². The molecule has 0 aliphatic heterocycles. The minimum absolute atomic E-state index is 0.0119. The predicted octanol–water partition coefficient (Wildman–Crippen LogP) is 1.86. The molecule has 0 aromatic heterocycles. The van der Waals surface area contributed by atoms with Crippen LogP contribution in [-0.2, 0) is 4.79 Å². The van der Waals surface area contributed by atoms with E-state index in [0.717, 1.165) is 30.0 Å². The van der Waals surface area contributed by atoms with Crippen LogP contribution in [0, 0.1) is 6.92 Å². The molecule has 0 fully saturated rings. The van der Waals surface area contributed by atoms with Crippen LogP contribution in [0.25, 0.3) is 0 Å². The molecule has 0 atom stereocenters. The van der Waals surface area contributed by atoms with Crippen LogP contribution in [0.1, 0.15) is 19.4 Å². The van der Waals surface area contributed by atoms with E-state index in [1.54, 1.807) is 0 Å². The monoisotopic (exact) mass is 235 g/mol. The summed E-state index contributed by atoms with van der Waals surface area (Å²) in [6, 6.07) is 5.51. The zero-order chi connectivity index (χ0) is 12.8. The molecule has 94 valence electrons. The van der Waals surface area contributed by atoms with Gasteiger partial charge in [-0.2, -0.15) is 0 Å². The summed E-state index contributed by atoms with van der Waals surface area (Å²) >= 11 is 0. The van der Waals surface area contributed by atoms with E-state index >= 15 is 0 Å². The fourth-order valence-electron chi connectivity index (χ4n) is 1.60. The SMILES string of the molecule is CCN(CC)CC(=O)Nc1ccc(N)c(C)c1. The number of amides is 1. The number of benzene rings is 1. The number of carbonyl (C=O) groups is 1. The van der Waals surface area contributed by atoms with Gasteiger partial charge in [0.05, 0.1) is 6.54 Å². The first-order valence-corrected chi connectivity index (χ1v) is 5.95. The molecule has 0 saturated heterocycles. The molecular formula is C13H21N3O. The van der Waals surface area contributed by atoms with Crippen molar-refractivity contribution in [2.75, 3.05) is 30.7 Å². The number of hydrogen-bond donors (Lipinski definition) is 2. The Labute approximate surface area is 103 Å². The molecular weight excluding hydrogens is 214 g/mol. The van der Waals surface area contributed by atoms with Crippen LogP contribution in [0.15, 0.2) is 18.2 Å². The maximum Gasteiger partial charge on any atom is 0.238 e. The number of anilines is 2. The number of nitrogens with one attached hydrogen (secondary N) is 1. The lowest BCUT2D eigenvalue weighted by Gasteiger charge is -2.17. The van der Waals surface area contributed by atoms with Gasteiger partial charge in [-0.05, 0) is 43.8 Å². The van der Waals surface area contributed by atoms with Crippen molar-refractivity contribution in [3.8, 4) is 0 Å². The molecule has 0 saturated carbocycles. The van der Waals surface area contributed by atoms with E-state index in [-0.39, 0.29) is 5.91 Å². The molecule has 1 aromatic carbocycles. The first kappa shape index (κ1) is 13.5. The van der Waals surface area contributed by atoms with Crippen LogP contribution >= 0.6 is 0 Å². The van der Waals surface area contributed by atoms with Crippen LogP contribution < -0.4 is 11.1 Å². The summed E-state index contributed by atoms with van der Waals surface area (Å²) in [6.45, 7) is 8.20. The summed E-state index contributed by atoms with van der Waals surface area (Å²) in [5.74, 6) is 0.0119. The van der Waals surface area contributed by atoms with Gasteiger partial charge in [-0.3, -0.25) is 9.69 Å². The Kier molecular flexibility index (Phi) is 4.97. The van der Waals surface area contributed by atoms with Crippen LogP contribution in [0.2, 0.25) is 0 Å². The summed E-state index contributed by atoms with van der Waals surface area (Å²) in [6.07, 6.45) is 0. The number of nitrogen functional groups attached to an aromatic ring is 1. The summed E-state index contributed by atoms with van der Waals surface area (Å²) in [5.41, 5.74) is 8.24. The maximum atomic E-state index is 11.8. The normalized spacial score (nSPS) is 10.6. The minimum atomic E-state index is 0.0119. The highest BCUT2D eigenvalue weighted by atomic mass is 16.2. The molecule has 4 heteroatoms. The topological polar surface area (TPSA) is 58.4 Å². The van der Waals surface area contributed by atoms with Crippen molar-refractivity contribution >= 4 is 17.3 Å². The molecule has 1 rings (SSSR count). The largest absolute Gasteiger partial charge is 0.399 e. The van der Waals surface area contributed by atoms with Gasteiger partial charge in [0.15, 0.2) is 0 Å². The predicted molar refractivity (Wildman–Crippen MR) is 72.0 cm³/mol. The minimum Gasteiger partial charge on any atom is -0.399 e. The zero-order valence-electron chi connectivity index (χ0n) is 10.8. The summed E-state index contributed by atoms with van der Waals surface area (Å²) < 4.78 is 0. The lowest BCUT2D eigenvalue weighted by molar-refractivity contribution is -0.117. The molecule has 1 amide bonds. The molecule has 1 aromatic rings. The molecule has 0 unspecified atom stereocenters. The number of nitrogens with two attached hydrogens (primary N) is 1. The lowest BCUT2D eigenvalue weighted by Crippen LogP contribution is -2.32. The maximum absolute atomic E-state index is 11.8. The second kappa shape index (κ2) is 6.25. The van der Waals surface area contributed by atoms with Crippen molar-refractivity contribution in [1.82, 2.24) is 4.90 Å². The van der Waals surface area contributed by atoms with Crippen molar-refractivity contribution in [3.05, 3.63) is 23.8 Å². The van der Waals surface area contributed by atoms with E-state index < -0.39 is 0 Å². The van der Waals surface area contributed by atoms with Gasteiger partial charge in [0, 0.05) is 11.4 Å². The van der Waals surface area contributed by atoms with E-state index in [2.05, 4.69) is 10.2 Å². The Morgan fingerprint density at radius 3 is 2.53 bits per heavy atom. The van der Waals surface area contributed by atoms with Gasteiger partial charge in [0.25, 0.3) is 0 Å². The average molecular weight is 235 g/mol. The van der Waals surface area contributed by atoms with Gasteiger partial charge in [-0.25, -0.2) is 0 Å². The Bertz CT molecular complexity index is 386. The van der Waals surface area contributed by atoms with Crippen LogP contribution in [0.5, 0.6) is 0 Å². The van der Waals surface area contributed by atoms with Crippen LogP contribution in [-0.4, -0.2) is 30.4 Å².